The number of carbonyl (C=O) groups excluding carboxylic acids is 1. The Morgan fingerprint density at radius 3 is 2.62 bits per heavy atom. The fraction of sp³-hybridized carbons (Fsp3) is 0.611. The second kappa shape index (κ2) is 7.60. The molecule has 0 aromatic heterocycles. The number of hydrogen-bond donors (Lipinski definition) is 1. The van der Waals surface area contributed by atoms with E-state index in [4.69, 9.17) is 0 Å². The summed E-state index contributed by atoms with van der Waals surface area (Å²) in [5.41, 5.74) is 1.22. The summed E-state index contributed by atoms with van der Waals surface area (Å²) in [6.07, 6.45) is 5.71. The minimum absolute atomic E-state index is 0.0731. The second-order valence-electron chi connectivity index (χ2n) is 6.18. The van der Waals surface area contributed by atoms with E-state index < -0.39 is 0 Å². The van der Waals surface area contributed by atoms with Gasteiger partial charge >= 0.3 is 0 Å². The molecular formula is C18H28N2O. The van der Waals surface area contributed by atoms with Crippen LogP contribution in [-0.2, 0) is 11.2 Å². The molecule has 1 aliphatic rings. The van der Waals surface area contributed by atoms with Crippen molar-refractivity contribution >= 4 is 5.91 Å². The summed E-state index contributed by atoms with van der Waals surface area (Å²) in [6.45, 7) is 6.49. The van der Waals surface area contributed by atoms with Crippen LogP contribution in [0.15, 0.2) is 30.3 Å². The second-order valence-corrected chi connectivity index (χ2v) is 6.18. The summed E-state index contributed by atoms with van der Waals surface area (Å²) in [5.74, 6) is 0.260. The Bertz CT molecular complexity index is 446. The normalized spacial score (nSPS) is 23.6. The lowest BCUT2D eigenvalue weighted by atomic mass is 10.0. The Balaban J connectivity index is 1.94. The van der Waals surface area contributed by atoms with Crippen LogP contribution in [0.5, 0.6) is 0 Å². The topological polar surface area (TPSA) is 32.3 Å². The molecule has 2 rings (SSSR count). The molecular weight excluding hydrogens is 260 g/mol. The van der Waals surface area contributed by atoms with E-state index in [2.05, 4.69) is 38.2 Å². The number of unbranched alkanes of at least 4 members (excludes halogenated alkanes) is 2. The SMILES string of the molecule is CCCCCC(C)N1C(=O)C(Cc2ccccc2)NC1C. The van der Waals surface area contributed by atoms with Gasteiger partial charge in [-0.05, 0) is 32.3 Å². The van der Waals surface area contributed by atoms with Crippen LogP contribution in [0, 0.1) is 0 Å². The highest BCUT2D eigenvalue weighted by molar-refractivity contribution is 5.84. The number of carbonyl (C=O) groups is 1. The molecule has 3 atom stereocenters. The van der Waals surface area contributed by atoms with Gasteiger partial charge in [-0.15, -0.1) is 0 Å². The average molecular weight is 288 g/mol. The lowest BCUT2D eigenvalue weighted by molar-refractivity contribution is -0.131. The van der Waals surface area contributed by atoms with Crippen molar-refractivity contribution in [3.05, 3.63) is 35.9 Å². The monoisotopic (exact) mass is 288 g/mol. The maximum atomic E-state index is 12.7. The Labute approximate surface area is 128 Å². The van der Waals surface area contributed by atoms with Crippen LogP contribution in [0.2, 0.25) is 0 Å². The summed E-state index contributed by atoms with van der Waals surface area (Å²) < 4.78 is 0. The van der Waals surface area contributed by atoms with E-state index in [1.54, 1.807) is 0 Å². The van der Waals surface area contributed by atoms with Crippen LogP contribution in [-0.4, -0.2) is 29.1 Å². The first-order chi connectivity index (χ1) is 10.1. The van der Waals surface area contributed by atoms with E-state index in [0.717, 1.165) is 12.8 Å². The van der Waals surface area contributed by atoms with Crippen molar-refractivity contribution in [3.8, 4) is 0 Å². The van der Waals surface area contributed by atoms with Crippen molar-refractivity contribution in [2.24, 2.45) is 0 Å². The van der Waals surface area contributed by atoms with Gasteiger partial charge in [0.1, 0.15) is 0 Å². The zero-order valence-corrected chi connectivity index (χ0v) is 13.5. The van der Waals surface area contributed by atoms with E-state index in [-0.39, 0.29) is 18.1 Å². The molecule has 21 heavy (non-hydrogen) atoms. The van der Waals surface area contributed by atoms with E-state index in [9.17, 15) is 4.79 Å². The number of nitrogens with zero attached hydrogens (tertiary/aromatic N) is 1. The number of nitrogens with one attached hydrogen (secondary N) is 1. The summed E-state index contributed by atoms with van der Waals surface area (Å²) in [5, 5.41) is 3.45. The zero-order valence-electron chi connectivity index (χ0n) is 13.5. The number of benzene rings is 1. The van der Waals surface area contributed by atoms with E-state index in [1.165, 1.54) is 24.8 Å². The largest absolute Gasteiger partial charge is 0.323 e. The van der Waals surface area contributed by atoms with Crippen LogP contribution in [0.4, 0.5) is 0 Å². The number of rotatable bonds is 7. The van der Waals surface area contributed by atoms with Gasteiger partial charge in [-0.2, -0.15) is 0 Å². The quantitative estimate of drug-likeness (QED) is 0.780. The molecule has 1 saturated heterocycles. The summed E-state index contributed by atoms with van der Waals surface area (Å²) >= 11 is 0. The van der Waals surface area contributed by atoms with E-state index in [0.29, 0.717) is 6.04 Å². The van der Waals surface area contributed by atoms with Gasteiger partial charge in [0.2, 0.25) is 5.91 Å². The van der Waals surface area contributed by atoms with Crippen molar-refractivity contribution in [2.45, 2.75) is 71.1 Å². The van der Waals surface area contributed by atoms with Gasteiger partial charge in [-0.3, -0.25) is 10.1 Å². The molecule has 1 amide bonds. The van der Waals surface area contributed by atoms with Gasteiger partial charge in [0.25, 0.3) is 0 Å². The molecule has 1 aliphatic heterocycles. The third-order valence-corrected chi connectivity index (χ3v) is 4.40. The predicted octanol–water partition coefficient (Wildman–Crippen LogP) is 3.34. The third-order valence-electron chi connectivity index (χ3n) is 4.40. The molecule has 3 heteroatoms. The molecule has 0 radical (unpaired) electrons. The Kier molecular flexibility index (Phi) is 5.80. The smallest absolute Gasteiger partial charge is 0.241 e. The van der Waals surface area contributed by atoms with Crippen LogP contribution in [0.1, 0.15) is 52.0 Å². The highest BCUT2D eigenvalue weighted by Crippen LogP contribution is 2.20. The molecule has 1 aromatic carbocycles. The minimum atomic E-state index is -0.0731. The van der Waals surface area contributed by atoms with E-state index in [1.807, 2.05) is 23.1 Å². The summed E-state index contributed by atoms with van der Waals surface area (Å²) in [7, 11) is 0. The van der Waals surface area contributed by atoms with Crippen molar-refractivity contribution < 1.29 is 4.79 Å². The standard InChI is InChI=1S/C18H28N2O/c1-4-5-7-10-14(2)20-15(3)19-17(18(20)21)13-16-11-8-6-9-12-16/h6,8-9,11-12,14-15,17,19H,4-5,7,10,13H2,1-3H3. The Hall–Kier alpha value is -1.35. The molecule has 0 bridgehead atoms. The first kappa shape index (κ1) is 16.0. The van der Waals surface area contributed by atoms with Crippen molar-refractivity contribution in [2.75, 3.05) is 0 Å². The molecule has 0 spiro atoms. The van der Waals surface area contributed by atoms with Crippen LogP contribution >= 0.6 is 0 Å². The molecule has 1 aromatic rings. The fourth-order valence-corrected chi connectivity index (χ4v) is 3.24. The average Bonchev–Trinajstić information content (AvgIpc) is 2.75. The van der Waals surface area contributed by atoms with Crippen molar-refractivity contribution in [1.29, 1.82) is 0 Å². The molecule has 1 heterocycles. The first-order valence-corrected chi connectivity index (χ1v) is 8.25. The minimum Gasteiger partial charge on any atom is -0.323 e. The van der Waals surface area contributed by atoms with Gasteiger partial charge in [0.15, 0.2) is 0 Å². The van der Waals surface area contributed by atoms with Gasteiger partial charge in [0.05, 0.1) is 12.2 Å². The van der Waals surface area contributed by atoms with Crippen LogP contribution < -0.4 is 5.32 Å². The Morgan fingerprint density at radius 2 is 1.95 bits per heavy atom. The molecule has 0 aliphatic carbocycles. The van der Waals surface area contributed by atoms with Crippen molar-refractivity contribution in [1.82, 2.24) is 10.2 Å². The van der Waals surface area contributed by atoms with Gasteiger partial charge in [-0.25, -0.2) is 0 Å². The van der Waals surface area contributed by atoms with Crippen LogP contribution in [0.3, 0.4) is 0 Å². The maximum absolute atomic E-state index is 12.7. The fourth-order valence-electron chi connectivity index (χ4n) is 3.24. The molecule has 0 saturated carbocycles. The molecule has 1 fully saturated rings. The lowest BCUT2D eigenvalue weighted by Gasteiger charge is -2.28. The maximum Gasteiger partial charge on any atom is 0.241 e. The van der Waals surface area contributed by atoms with Crippen LogP contribution in [0.25, 0.3) is 0 Å². The van der Waals surface area contributed by atoms with Gasteiger partial charge < -0.3 is 4.90 Å². The van der Waals surface area contributed by atoms with E-state index >= 15 is 0 Å². The molecule has 3 nitrogen and oxygen atoms in total. The zero-order chi connectivity index (χ0) is 15.2. The highest BCUT2D eigenvalue weighted by Gasteiger charge is 2.38. The molecule has 116 valence electrons. The first-order valence-electron chi connectivity index (χ1n) is 8.25. The lowest BCUT2D eigenvalue weighted by Crippen LogP contribution is -2.41. The van der Waals surface area contributed by atoms with Gasteiger partial charge in [-0.1, -0.05) is 56.5 Å². The number of hydrogen-bond acceptors (Lipinski definition) is 2. The Morgan fingerprint density at radius 1 is 1.24 bits per heavy atom. The summed E-state index contributed by atoms with van der Waals surface area (Å²) in [4.78, 5) is 14.7. The highest BCUT2D eigenvalue weighted by atomic mass is 16.2. The van der Waals surface area contributed by atoms with Crippen molar-refractivity contribution in [3.63, 3.8) is 0 Å². The number of amides is 1. The summed E-state index contributed by atoms with van der Waals surface area (Å²) in [6, 6.07) is 10.5. The third kappa shape index (κ3) is 4.07. The molecule has 3 unspecified atom stereocenters. The molecule has 1 N–H and O–H groups in total. The van der Waals surface area contributed by atoms with Gasteiger partial charge in [0, 0.05) is 6.04 Å². The predicted molar refractivity (Wildman–Crippen MR) is 87.0 cm³/mol.